The number of amides is 11. The Bertz CT molecular complexity index is 4730. The Kier molecular flexibility index (Phi) is 51.1. The van der Waals surface area contributed by atoms with Crippen molar-refractivity contribution in [2.24, 2.45) is 51.4 Å². The summed E-state index contributed by atoms with van der Waals surface area (Å²) in [4.78, 5) is 167. The number of nitrogens with zero attached hydrogens (tertiary/aromatic N) is 6. The lowest BCUT2D eigenvalue weighted by Crippen LogP contribution is -2.62. The molecule has 11 amide bonds. The zero-order valence-electron chi connectivity index (χ0n) is 87.2. The van der Waals surface area contributed by atoms with E-state index >= 15 is 4.79 Å². The fraction of sp³-hybridized carbons (Fsp3) is 0.686. The molecule has 1 aliphatic carbocycles. The number of para-hydroxylation sites is 1. The summed E-state index contributed by atoms with van der Waals surface area (Å²) in [5.41, 5.74) is 4.52. The highest BCUT2D eigenvalue weighted by atomic mass is 16.6. The number of nitrogens with two attached hydrogens (primary N) is 1. The van der Waals surface area contributed by atoms with Gasteiger partial charge in [-0.2, -0.15) is 5.10 Å². The molecule has 0 bridgehead atoms. The number of hydrazone groups is 1. The second kappa shape index (κ2) is 61.6. The van der Waals surface area contributed by atoms with E-state index in [-0.39, 0.29) is 153 Å². The third kappa shape index (κ3) is 35.9. The van der Waals surface area contributed by atoms with Crippen molar-refractivity contribution in [3.63, 3.8) is 0 Å². The van der Waals surface area contributed by atoms with Gasteiger partial charge in [0.05, 0.1) is 157 Å². The van der Waals surface area contributed by atoms with Crippen molar-refractivity contribution in [3.8, 4) is 11.8 Å². The van der Waals surface area contributed by atoms with Gasteiger partial charge in [0, 0.05) is 97.1 Å². The van der Waals surface area contributed by atoms with Gasteiger partial charge in [0.1, 0.15) is 60.8 Å². The smallest absolute Gasteiger partial charge is 0.246 e. The number of anilines is 1. The minimum Gasteiger partial charge on any atom is -0.394 e. The molecular weight excluding hydrogens is 1870 g/mol. The molecule has 1 saturated carbocycles. The number of fused-ring (bicyclic) bond motifs is 2. The lowest BCUT2D eigenvalue weighted by atomic mass is 9.81. The highest BCUT2D eigenvalue weighted by Crippen LogP contribution is 2.38. The van der Waals surface area contributed by atoms with Crippen molar-refractivity contribution in [1.29, 1.82) is 0 Å². The molecule has 3 aromatic rings. The number of unbranched alkanes of at least 4 members (excludes halogenated alkanes) is 1. The fourth-order valence-corrected chi connectivity index (χ4v) is 19.4. The van der Waals surface area contributed by atoms with Crippen molar-refractivity contribution in [1.82, 2.24) is 51.9 Å². The zero-order chi connectivity index (χ0) is 106. The number of benzene rings is 3. The molecule has 8 rings (SSSR count). The van der Waals surface area contributed by atoms with Crippen molar-refractivity contribution in [3.05, 3.63) is 101 Å². The molecule has 3 aromatic carbocycles. The Morgan fingerprint density at radius 2 is 1.23 bits per heavy atom. The average Bonchev–Trinajstić information content (AvgIpc) is 1.76. The molecule has 40 heteroatoms. The molecule has 0 aromatic heterocycles. The first-order valence-electron chi connectivity index (χ1n) is 51.4. The predicted molar refractivity (Wildman–Crippen MR) is 541 cm³/mol. The van der Waals surface area contributed by atoms with E-state index in [1.807, 2.05) is 68.4 Å². The standard InChI is InChI=1S/C105H162N14O26/c1-16-66(8)96(82(137-14)58-90(128)118-47-29-38-77(118)99(138-15)67(9)100(131)109-68(10)97(129)72-32-19-17-20-33-72)117(13)105(136)93(64(4)5)114-103(134)95(65(6)7)116(12)104(135)69(11)110-102(133)92(63(2)3)113-101(132)75(36-27-28-45-107-87(126)62-143-80-39-22-18-21-35-74(94(80)115-106)112-88-57-78(122)91(83(60-120)145-88)81-56-79(123)98(130)84(61-121)144-81)111-86(125)44-48-139-50-52-141-54-55-142-53-51-140-49-46-108-85(124)42-43-89(127)119-59-73-34-24-23-30-70(73)40-41-71-31-25-26-37-76(71)119/h17,19-20,23-26,30-34,37,63-69,75,77-84,88,91-93,95-99,120-123,129-130H,16,18,21-22,27-29,35-36,38-39,42-62,106H2,1-15H3,(H,107,126)(H,108,124)(H,109,131)(H,110,133)(H,111,125)(H,113,132)(H,114,134)/t66-,67+,68+,69-,75+,77-,78+,79+,80?,81-,82+,83+,84+,88-,91?,92-,93-,95-,96-,97+,98-,99+/m0/s1. The molecule has 5 aliphatic rings. The fourth-order valence-electron chi connectivity index (χ4n) is 19.4. The van der Waals surface area contributed by atoms with Crippen LogP contribution in [0.5, 0.6) is 0 Å². The van der Waals surface area contributed by atoms with Crippen LogP contribution in [0.15, 0.2) is 89.0 Å². The van der Waals surface area contributed by atoms with Crippen LogP contribution in [0.25, 0.3) is 0 Å². The van der Waals surface area contributed by atoms with Gasteiger partial charge < -0.3 is 136 Å². The van der Waals surface area contributed by atoms with Gasteiger partial charge in [0.15, 0.2) is 6.23 Å². The number of likely N-dealkylation sites (N-methyl/N-ethyl adjacent to an activating group) is 2. The average molecular weight is 2040 g/mol. The number of aliphatic hydroxyl groups is 6. The number of carbonyl (C=O) groups excluding carboxylic acids is 11. The van der Waals surface area contributed by atoms with Gasteiger partial charge in [0.2, 0.25) is 65.0 Å². The Hall–Kier alpha value is -10.1. The lowest BCUT2D eigenvalue weighted by molar-refractivity contribution is -0.237. The van der Waals surface area contributed by atoms with Crippen molar-refractivity contribution in [2.75, 3.05) is 126 Å². The van der Waals surface area contributed by atoms with E-state index < -0.39 is 206 Å². The highest BCUT2D eigenvalue weighted by Gasteiger charge is 2.50. The van der Waals surface area contributed by atoms with E-state index in [9.17, 15) is 78.6 Å². The van der Waals surface area contributed by atoms with Gasteiger partial charge >= 0.3 is 0 Å². The van der Waals surface area contributed by atoms with Gasteiger partial charge in [-0.05, 0) is 118 Å². The Morgan fingerprint density at radius 3 is 1.88 bits per heavy atom. The summed E-state index contributed by atoms with van der Waals surface area (Å²) < 4.78 is 53.2. The van der Waals surface area contributed by atoms with Crippen LogP contribution in [0.3, 0.4) is 0 Å². The Balaban J connectivity index is 0.829. The lowest BCUT2D eigenvalue weighted by Gasteiger charge is -2.46. The molecule has 808 valence electrons. The van der Waals surface area contributed by atoms with Crippen molar-refractivity contribution < 1.29 is 126 Å². The summed E-state index contributed by atoms with van der Waals surface area (Å²) in [7, 11) is 6.02. The number of hydrogen-bond acceptors (Lipinski definition) is 29. The molecule has 4 aliphatic heterocycles. The van der Waals surface area contributed by atoms with Crippen molar-refractivity contribution in [2.45, 2.75) is 307 Å². The molecule has 0 spiro atoms. The zero-order valence-corrected chi connectivity index (χ0v) is 87.2. The SMILES string of the molecule is CC[C@H](C)[C@@H]([C@@H](CC(=O)N1CCC[C@H]1[C@H](OC)[C@@H](C)C(=O)N[C@H](C)[C@@H](O)c1ccccc1)OC)N(C)C(=O)[C@@H](NC(=O)[C@H](C(C)C)N(C)C(=O)[C@H](C)NC(=O)[C@@H](NC(=O)[C@@H](CCCCNC(=O)COC1CCCCCC(=N[C@@H]2C[C@@H](O)C([C@@H]3C[C@@H](O)[C@H](O)[C@@H](CO)O3)[C@@H](CO)O2)C1=NN)NC(=O)CCOCCOCCOCCOCCNC(=O)CCC(=O)N1Cc2ccccc2C#Cc2ccccc21)C(C)C)C(C)C. The van der Waals surface area contributed by atoms with Gasteiger partial charge in [-0.25, -0.2) is 0 Å². The first kappa shape index (κ1) is 120. The number of likely N-dealkylation sites (tertiary alicyclic amines) is 1. The minimum absolute atomic E-state index is 0.00244. The number of rotatable bonds is 57. The molecule has 0 radical (unpaired) electrons. The van der Waals surface area contributed by atoms with Crippen LogP contribution < -0.4 is 48.0 Å². The maximum atomic E-state index is 15.1. The predicted octanol–water partition coefficient (Wildman–Crippen LogP) is 3.55. The second-order valence-corrected chi connectivity index (χ2v) is 39.4. The third-order valence-electron chi connectivity index (χ3n) is 27.8. The first-order chi connectivity index (χ1) is 69.4. The highest BCUT2D eigenvalue weighted by molar-refractivity contribution is 6.44. The van der Waals surface area contributed by atoms with E-state index in [2.05, 4.69) is 54.2 Å². The first-order valence-corrected chi connectivity index (χ1v) is 51.4. The second-order valence-electron chi connectivity index (χ2n) is 39.4. The van der Waals surface area contributed by atoms with Crippen LogP contribution >= 0.6 is 0 Å². The Labute approximate surface area is 853 Å². The summed E-state index contributed by atoms with van der Waals surface area (Å²) in [6.45, 7) is 20.1. The molecular formula is C105H162N14O26. The van der Waals surface area contributed by atoms with Gasteiger partial charge in [-0.1, -0.05) is 154 Å². The molecule has 2 unspecified atom stereocenters. The topological polar surface area (TPSA) is 540 Å². The largest absolute Gasteiger partial charge is 0.394 e. The molecule has 4 heterocycles. The number of nitrogens with one attached hydrogen (secondary N) is 7. The van der Waals surface area contributed by atoms with E-state index in [0.29, 0.717) is 81.4 Å². The van der Waals surface area contributed by atoms with Gasteiger partial charge in [0.25, 0.3) is 0 Å². The van der Waals surface area contributed by atoms with Crippen LogP contribution in [-0.2, 0) is 102 Å². The summed E-state index contributed by atoms with van der Waals surface area (Å²) in [6.07, 6.45) is -6.13. The minimum atomic E-state index is -1.35. The maximum absolute atomic E-state index is 15.1. The molecule has 145 heavy (non-hydrogen) atoms. The number of methoxy groups -OCH3 is 2. The maximum Gasteiger partial charge on any atom is 0.246 e. The van der Waals surface area contributed by atoms with Gasteiger partial charge in [-0.3, -0.25) is 57.7 Å². The van der Waals surface area contributed by atoms with Crippen LogP contribution in [0.1, 0.15) is 214 Å². The molecule has 3 saturated heterocycles. The molecule has 4 fully saturated rings. The normalized spacial score (nSPS) is 22.7. The number of carbonyl (C=O) groups is 11. The number of ether oxygens (including phenoxy) is 9. The quantitative estimate of drug-likeness (QED) is 0.0166. The van der Waals surface area contributed by atoms with Crippen LogP contribution in [0.2, 0.25) is 0 Å². The summed E-state index contributed by atoms with van der Waals surface area (Å²) in [5.74, 6) is 3.53. The van der Waals surface area contributed by atoms with Crippen LogP contribution in [0.4, 0.5) is 5.69 Å². The summed E-state index contributed by atoms with van der Waals surface area (Å²) in [6, 6.07) is 16.2. The van der Waals surface area contributed by atoms with Crippen LogP contribution in [0, 0.1) is 47.3 Å². The van der Waals surface area contributed by atoms with Crippen LogP contribution in [-0.4, -0.2) is 352 Å². The Morgan fingerprint density at radius 1 is 0.593 bits per heavy atom. The monoisotopic (exact) mass is 2040 g/mol. The van der Waals surface area contributed by atoms with E-state index in [4.69, 9.17) is 53.5 Å². The molecule has 22 atom stereocenters. The molecule has 15 N–H and O–H groups in total. The third-order valence-corrected chi connectivity index (χ3v) is 27.8. The van der Waals surface area contributed by atoms with Gasteiger partial charge in [-0.15, -0.1) is 0 Å². The number of hydrogen-bond donors (Lipinski definition) is 14. The van der Waals surface area contributed by atoms with E-state index in [1.165, 1.54) is 38.0 Å². The summed E-state index contributed by atoms with van der Waals surface area (Å²) >= 11 is 0. The van der Waals surface area contributed by atoms with E-state index in [1.54, 1.807) is 96.5 Å². The summed E-state index contributed by atoms with van der Waals surface area (Å²) in [5, 5.41) is 87.8. The number of aliphatic imine (C=N–C) groups is 1. The number of aliphatic hydroxyl groups excluding tert-OH is 6. The van der Waals surface area contributed by atoms with Crippen molar-refractivity contribution >= 4 is 82.1 Å². The molecule has 40 nitrogen and oxygen atoms in total. The van der Waals surface area contributed by atoms with E-state index in [0.717, 1.165) is 23.1 Å².